The zero-order valence-electron chi connectivity index (χ0n) is 7.86. The second-order valence-corrected chi connectivity index (χ2v) is 4.30. The molecule has 0 amide bonds. The molecule has 0 aliphatic carbocycles. The quantitative estimate of drug-likeness (QED) is 0.746. The van der Waals surface area contributed by atoms with Crippen LogP contribution < -0.4 is 5.73 Å². The van der Waals surface area contributed by atoms with E-state index >= 15 is 0 Å². The number of hydrogen-bond donors (Lipinski definition) is 2. The van der Waals surface area contributed by atoms with Crippen molar-refractivity contribution in [1.29, 1.82) is 0 Å². The average molecular weight is 200 g/mol. The van der Waals surface area contributed by atoms with E-state index in [1.54, 1.807) is 17.5 Å². The lowest BCUT2D eigenvalue weighted by Crippen LogP contribution is -2.35. The molecule has 0 aromatic carbocycles. The van der Waals surface area contributed by atoms with Crippen molar-refractivity contribution >= 4 is 11.3 Å². The zero-order valence-corrected chi connectivity index (χ0v) is 8.68. The minimum atomic E-state index is -0.169. The highest BCUT2D eigenvalue weighted by Gasteiger charge is 2.26. The van der Waals surface area contributed by atoms with Crippen molar-refractivity contribution < 1.29 is 5.11 Å². The van der Waals surface area contributed by atoms with Gasteiger partial charge in [0.05, 0.1) is 11.6 Å². The van der Waals surface area contributed by atoms with Gasteiger partial charge < -0.3 is 10.8 Å². The van der Waals surface area contributed by atoms with Crippen LogP contribution in [0, 0.1) is 5.41 Å². The van der Waals surface area contributed by atoms with E-state index in [2.05, 4.69) is 11.9 Å². The smallest absolute Gasteiger partial charge is 0.0931 e. The van der Waals surface area contributed by atoms with E-state index in [0.29, 0.717) is 6.54 Å². The molecule has 0 aliphatic rings. The number of aliphatic hydroxyl groups excluding tert-OH is 1. The minimum absolute atomic E-state index is 0.138. The molecule has 74 valence electrons. The lowest BCUT2D eigenvalue weighted by Gasteiger charge is -2.27. The van der Waals surface area contributed by atoms with Gasteiger partial charge in [-0.2, -0.15) is 0 Å². The van der Waals surface area contributed by atoms with Crippen molar-refractivity contribution in [3.63, 3.8) is 0 Å². The van der Waals surface area contributed by atoms with E-state index in [1.165, 1.54) is 0 Å². The summed E-state index contributed by atoms with van der Waals surface area (Å²) in [5.41, 5.74) is 5.49. The third-order valence-corrected chi connectivity index (χ3v) is 3.31. The second kappa shape index (κ2) is 4.69. The molecule has 0 saturated carbocycles. The van der Waals surface area contributed by atoms with Gasteiger partial charge in [-0.05, 0) is 6.42 Å². The summed E-state index contributed by atoms with van der Waals surface area (Å²) in [6.07, 6.45) is 3.46. The molecule has 1 heterocycles. The average Bonchev–Trinajstić information content (AvgIpc) is 2.67. The fourth-order valence-corrected chi connectivity index (χ4v) is 2.02. The largest absolute Gasteiger partial charge is 0.396 e. The van der Waals surface area contributed by atoms with Crippen molar-refractivity contribution in [3.05, 3.63) is 16.6 Å². The summed E-state index contributed by atoms with van der Waals surface area (Å²) < 4.78 is 0. The first-order valence-corrected chi connectivity index (χ1v) is 5.33. The Kier molecular flexibility index (Phi) is 3.84. The SMILES string of the molecule is CCC(CN)(CO)Cc1nccs1. The summed E-state index contributed by atoms with van der Waals surface area (Å²) in [7, 11) is 0. The van der Waals surface area contributed by atoms with Crippen LogP contribution in [0.25, 0.3) is 0 Å². The first-order valence-electron chi connectivity index (χ1n) is 4.45. The molecule has 1 aromatic heterocycles. The molecule has 0 radical (unpaired) electrons. The molecule has 1 rings (SSSR count). The summed E-state index contributed by atoms with van der Waals surface area (Å²) in [6.45, 7) is 2.70. The maximum atomic E-state index is 9.27. The van der Waals surface area contributed by atoms with Gasteiger partial charge in [-0.1, -0.05) is 6.92 Å². The molecular formula is C9H16N2OS. The van der Waals surface area contributed by atoms with Crippen LogP contribution in [-0.4, -0.2) is 23.2 Å². The molecular weight excluding hydrogens is 184 g/mol. The van der Waals surface area contributed by atoms with Crippen LogP contribution in [0.3, 0.4) is 0 Å². The lowest BCUT2D eigenvalue weighted by molar-refractivity contribution is 0.127. The van der Waals surface area contributed by atoms with Crippen molar-refractivity contribution in [1.82, 2.24) is 4.98 Å². The third-order valence-electron chi connectivity index (χ3n) is 2.53. The predicted molar refractivity (Wildman–Crippen MR) is 54.7 cm³/mol. The van der Waals surface area contributed by atoms with Crippen LogP contribution in [0.5, 0.6) is 0 Å². The summed E-state index contributed by atoms with van der Waals surface area (Å²) in [6, 6.07) is 0. The fraction of sp³-hybridized carbons (Fsp3) is 0.667. The molecule has 13 heavy (non-hydrogen) atoms. The predicted octanol–water partition coefficient (Wildman–Crippen LogP) is 1.03. The topological polar surface area (TPSA) is 59.1 Å². The number of aromatic nitrogens is 1. The Balaban J connectivity index is 2.67. The maximum Gasteiger partial charge on any atom is 0.0931 e. The van der Waals surface area contributed by atoms with Crippen molar-refractivity contribution in [2.75, 3.05) is 13.2 Å². The van der Waals surface area contributed by atoms with Gasteiger partial charge in [0, 0.05) is 30.0 Å². The molecule has 0 aliphatic heterocycles. The lowest BCUT2D eigenvalue weighted by atomic mass is 9.83. The van der Waals surface area contributed by atoms with Crippen LogP contribution in [-0.2, 0) is 6.42 Å². The van der Waals surface area contributed by atoms with E-state index in [-0.39, 0.29) is 12.0 Å². The van der Waals surface area contributed by atoms with E-state index < -0.39 is 0 Å². The van der Waals surface area contributed by atoms with Crippen molar-refractivity contribution in [2.45, 2.75) is 19.8 Å². The van der Waals surface area contributed by atoms with Gasteiger partial charge in [-0.3, -0.25) is 0 Å². The van der Waals surface area contributed by atoms with Gasteiger partial charge in [0.2, 0.25) is 0 Å². The van der Waals surface area contributed by atoms with Gasteiger partial charge in [0.1, 0.15) is 0 Å². The van der Waals surface area contributed by atoms with Gasteiger partial charge in [0.15, 0.2) is 0 Å². The molecule has 1 atom stereocenters. The van der Waals surface area contributed by atoms with Gasteiger partial charge >= 0.3 is 0 Å². The first kappa shape index (κ1) is 10.6. The zero-order chi connectivity index (χ0) is 9.73. The van der Waals surface area contributed by atoms with Gasteiger partial charge in [0.25, 0.3) is 0 Å². The summed E-state index contributed by atoms with van der Waals surface area (Å²) in [5, 5.41) is 12.3. The van der Waals surface area contributed by atoms with Crippen LogP contribution in [0.15, 0.2) is 11.6 Å². The van der Waals surface area contributed by atoms with Gasteiger partial charge in [-0.15, -0.1) is 11.3 Å². The first-order chi connectivity index (χ1) is 6.26. The molecule has 1 unspecified atom stereocenters. The molecule has 3 nitrogen and oxygen atoms in total. The number of hydrogen-bond acceptors (Lipinski definition) is 4. The number of nitrogens with two attached hydrogens (primary N) is 1. The molecule has 4 heteroatoms. The third kappa shape index (κ3) is 2.49. The Labute approximate surface area is 82.6 Å². The molecule has 0 spiro atoms. The van der Waals surface area contributed by atoms with Crippen molar-refractivity contribution in [2.24, 2.45) is 11.1 Å². The maximum absolute atomic E-state index is 9.27. The second-order valence-electron chi connectivity index (χ2n) is 3.32. The highest BCUT2D eigenvalue weighted by atomic mass is 32.1. The monoisotopic (exact) mass is 200 g/mol. The Morgan fingerprint density at radius 2 is 2.46 bits per heavy atom. The van der Waals surface area contributed by atoms with Crippen LogP contribution in [0.2, 0.25) is 0 Å². The minimum Gasteiger partial charge on any atom is -0.396 e. The molecule has 3 N–H and O–H groups in total. The summed E-state index contributed by atoms with van der Waals surface area (Å²) in [5.74, 6) is 0. The molecule has 1 aromatic rings. The highest BCUT2D eigenvalue weighted by molar-refractivity contribution is 7.09. The van der Waals surface area contributed by atoms with E-state index in [4.69, 9.17) is 5.73 Å². The fourth-order valence-electron chi connectivity index (χ4n) is 1.23. The van der Waals surface area contributed by atoms with Gasteiger partial charge in [-0.25, -0.2) is 4.98 Å². The van der Waals surface area contributed by atoms with E-state index in [0.717, 1.165) is 17.8 Å². The number of rotatable bonds is 5. The summed E-state index contributed by atoms with van der Waals surface area (Å²) in [4.78, 5) is 4.20. The van der Waals surface area contributed by atoms with Crippen LogP contribution >= 0.6 is 11.3 Å². The Morgan fingerprint density at radius 1 is 1.69 bits per heavy atom. The Hall–Kier alpha value is -0.450. The highest BCUT2D eigenvalue weighted by Crippen LogP contribution is 2.26. The summed E-state index contributed by atoms with van der Waals surface area (Å²) >= 11 is 1.62. The number of nitrogens with zero attached hydrogens (tertiary/aromatic N) is 1. The molecule has 0 saturated heterocycles. The number of aliphatic hydroxyl groups is 1. The van der Waals surface area contributed by atoms with E-state index in [1.807, 2.05) is 5.38 Å². The normalized spacial score (nSPS) is 15.6. The molecule has 0 bridgehead atoms. The molecule has 0 fully saturated rings. The number of thiazole rings is 1. The van der Waals surface area contributed by atoms with E-state index in [9.17, 15) is 5.11 Å². The van der Waals surface area contributed by atoms with Crippen LogP contribution in [0.4, 0.5) is 0 Å². The van der Waals surface area contributed by atoms with Crippen LogP contribution in [0.1, 0.15) is 18.4 Å². The standard InChI is InChI=1S/C9H16N2OS/c1-2-9(6-10,7-12)5-8-11-3-4-13-8/h3-4,12H,2,5-7,10H2,1H3. The Bertz CT molecular complexity index is 224. The Morgan fingerprint density at radius 3 is 2.85 bits per heavy atom. The van der Waals surface area contributed by atoms with Crippen molar-refractivity contribution in [3.8, 4) is 0 Å².